The van der Waals surface area contributed by atoms with Crippen LogP contribution >= 0.6 is 0 Å². The van der Waals surface area contributed by atoms with Gasteiger partial charge in [-0.25, -0.2) is 4.63 Å². The van der Waals surface area contributed by atoms with E-state index < -0.39 is 0 Å². The van der Waals surface area contributed by atoms with Crippen LogP contribution in [0.5, 0.6) is 0 Å². The van der Waals surface area contributed by atoms with Crippen LogP contribution in [0, 0.1) is 0 Å². The van der Waals surface area contributed by atoms with Crippen LogP contribution in [0.3, 0.4) is 0 Å². The molecule has 5 nitrogen and oxygen atoms in total. The standard InChI is InChI=1S/C10H18N4O/c11-5-4-9-10(13-15-12-9)8-14-6-2-1-3-7-14/h1-8,11H2. The molecule has 2 heterocycles. The van der Waals surface area contributed by atoms with Crippen molar-refractivity contribution in [2.75, 3.05) is 19.6 Å². The number of piperidine rings is 1. The predicted molar refractivity (Wildman–Crippen MR) is 56.2 cm³/mol. The van der Waals surface area contributed by atoms with E-state index >= 15 is 0 Å². The highest BCUT2D eigenvalue weighted by Gasteiger charge is 2.15. The van der Waals surface area contributed by atoms with Crippen LogP contribution in [-0.2, 0) is 13.0 Å². The van der Waals surface area contributed by atoms with E-state index in [1.807, 2.05) is 0 Å². The lowest BCUT2D eigenvalue weighted by Gasteiger charge is -2.25. The van der Waals surface area contributed by atoms with E-state index in [4.69, 9.17) is 10.4 Å². The number of rotatable bonds is 4. The van der Waals surface area contributed by atoms with Crippen LogP contribution in [0.1, 0.15) is 30.7 Å². The molecule has 1 aromatic rings. The summed E-state index contributed by atoms with van der Waals surface area (Å²) in [6.07, 6.45) is 4.69. The Hall–Kier alpha value is -0.940. The van der Waals surface area contributed by atoms with Gasteiger partial charge in [-0.15, -0.1) is 0 Å². The lowest BCUT2D eigenvalue weighted by Crippen LogP contribution is -2.29. The zero-order chi connectivity index (χ0) is 10.5. The quantitative estimate of drug-likeness (QED) is 0.786. The fourth-order valence-electron chi connectivity index (χ4n) is 2.00. The number of hydrogen-bond acceptors (Lipinski definition) is 5. The highest BCUT2D eigenvalue weighted by molar-refractivity contribution is 5.07. The number of nitrogens with two attached hydrogens (primary N) is 1. The van der Waals surface area contributed by atoms with Gasteiger partial charge in [-0.2, -0.15) is 0 Å². The summed E-state index contributed by atoms with van der Waals surface area (Å²) in [6, 6.07) is 0. The van der Waals surface area contributed by atoms with Crippen molar-refractivity contribution in [2.24, 2.45) is 5.73 Å². The van der Waals surface area contributed by atoms with Crippen LogP contribution in [0.4, 0.5) is 0 Å². The van der Waals surface area contributed by atoms with E-state index in [0.29, 0.717) is 6.54 Å². The van der Waals surface area contributed by atoms with E-state index in [1.165, 1.54) is 19.3 Å². The SMILES string of the molecule is NCCc1nonc1CN1CCCCC1. The maximum absolute atomic E-state index is 5.50. The molecule has 1 saturated heterocycles. The van der Waals surface area contributed by atoms with Crippen molar-refractivity contribution in [2.45, 2.75) is 32.2 Å². The molecule has 0 unspecified atom stereocenters. The molecule has 0 atom stereocenters. The Morgan fingerprint density at radius 1 is 1.13 bits per heavy atom. The zero-order valence-corrected chi connectivity index (χ0v) is 8.98. The van der Waals surface area contributed by atoms with Gasteiger partial charge in [0.25, 0.3) is 0 Å². The highest BCUT2D eigenvalue weighted by Crippen LogP contribution is 2.13. The van der Waals surface area contributed by atoms with Gasteiger partial charge in [0.15, 0.2) is 0 Å². The molecule has 1 aliphatic rings. The summed E-state index contributed by atoms with van der Waals surface area (Å²) in [5.41, 5.74) is 7.38. The summed E-state index contributed by atoms with van der Waals surface area (Å²) < 4.78 is 4.76. The third-order valence-electron chi connectivity index (χ3n) is 2.84. The van der Waals surface area contributed by atoms with Crippen molar-refractivity contribution in [3.63, 3.8) is 0 Å². The highest BCUT2D eigenvalue weighted by atomic mass is 16.6. The largest absolute Gasteiger partial charge is 0.330 e. The molecule has 0 bridgehead atoms. The van der Waals surface area contributed by atoms with Gasteiger partial charge in [-0.05, 0) is 32.5 Å². The minimum Gasteiger partial charge on any atom is -0.330 e. The minimum absolute atomic E-state index is 0.598. The number of likely N-dealkylation sites (tertiary alicyclic amines) is 1. The third-order valence-corrected chi connectivity index (χ3v) is 2.84. The molecule has 1 aromatic heterocycles. The van der Waals surface area contributed by atoms with Crippen molar-refractivity contribution in [1.29, 1.82) is 0 Å². The van der Waals surface area contributed by atoms with E-state index in [9.17, 15) is 0 Å². The summed E-state index contributed by atoms with van der Waals surface area (Å²) in [5, 5.41) is 7.82. The summed E-state index contributed by atoms with van der Waals surface area (Å²) in [5.74, 6) is 0. The van der Waals surface area contributed by atoms with Gasteiger partial charge in [-0.3, -0.25) is 4.90 Å². The van der Waals surface area contributed by atoms with Crippen LogP contribution in [0.2, 0.25) is 0 Å². The van der Waals surface area contributed by atoms with Gasteiger partial charge in [0, 0.05) is 13.0 Å². The summed E-state index contributed by atoms with van der Waals surface area (Å²) >= 11 is 0. The van der Waals surface area contributed by atoms with Crippen molar-refractivity contribution in [3.05, 3.63) is 11.4 Å². The average Bonchev–Trinajstić information content (AvgIpc) is 2.68. The lowest BCUT2D eigenvalue weighted by molar-refractivity contribution is 0.212. The normalized spacial score (nSPS) is 18.2. The van der Waals surface area contributed by atoms with Gasteiger partial charge >= 0.3 is 0 Å². The molecule has 0 aliphatic carbocycles. The van der Waals surface area contributed by atoms with Crippen molar-refractivity contribution in [1.82, 2.24) is 15.2 Å². The lowest BCUT2D eigenvalue weighted by atomic mass is 10.1. The second-order valence-corrected chi connectivity index (χ2v) is 4.03. The van der Waals surface area contributed by atoms with Crippen LogP contribution in [-0.4, -0.2) is 34.8 Å². The summed E-state index contributed by atoms with van der Waals surface area (Å²) in [4.78, 5) is 2.41. The summed E-state index contributed by atoms with van der Waals surface area (Å²) in [7, 11) is 0. The molecule has 2 N–H and O–H groups in total. The van der Waals surface area contributed by atoms with E-state index in [-0.39, 0.29) is 0 Å². The molecular formula is C10H18N4O. The molecule has 84 valence electrons. The number of hydrogen-bond donors (Lipinski definition) is 1. The molecule has 15 heavy (non-hydrogen) atoms. The Kier molecular flexibility index (Phi) is 3.69. The van der Waals surface area contributed by atoms with Crippen LogP contribution in [0.25, 0.3) is 0 Å². The average molecular weight is 210 g/mol. The molecular weight excluding hydrogens is 192 g/mol. The molecule has 0 radical (unpaired) electrons. The smallest absolute Gasteiger partial charge is 0.122 e. The first-order valence-corrected chi connectivity index (χ1v) is 5.63. The first-order valence-electron chi connectivity index (χ1n) is 5.63. The Balaban J connectivity index is 1.93. The maximum atomic E-state index is 5.50. The second kappa shape index (κ2) is 5.23. The Labute approximate surface area is 89.6 Å². The third kappa shape index (κ3) is 2.76. The van der Waals surface area contributed by atoms with Crippen molar-refractivity contribution in [3.8, 4) is 0 Å². The molecule has 0 aromatic carbocycles. The van der Waals surface area contributed by atoms with Gasteiger partial charge in [-0.1, -0.05) is 16.7 Å². The molecule has 1 fully saturated rings. The number of aromatic nitrogens is 2. The molecule has 2 rings (SSSR count). The van der Waals surface area contributed by atoms with Gasteiger partial charge in [0.2, 0.25) is 0 Å². The number of nitrogens with zero attached hydrogens (tertiary/aromatic N) is 3. The van der Waals surface area contributed by atoms with E-state index in [1.54, 1.807) is 0 Å². The van der Waals surface area contributed by atoms with Gasteiger partial charge in [0.05, 0.1) is 0 Å². The monoisotopic (exact) mass is 210 g/mol. The van der Waals surface area contributed by atoms with Gasteiger partial charge in [0.1, 0.15) is 11.4 Å². The van der Waals surface area contributed by atoms with Gasteiger partial charge < -0.3 is 5.73 Å². The molecule has 5 heteroatoms. The van der Waals surface area contributed by atoms with Crippen LogP contribution in [0.15, 0.2) is 4.63 Å². The Morgan fingerprint density at radius 3 is 2.60 bits per heavy atom. The molecule has 0 spiro atoms. The van der Waals surface area contributed by atoms with E-state index in [2.05, 4.69) is 15.2 Å². The van der Waals surface area contributed by atoms with Crippen molar-refractivity contribution >= 4 is 0 Å². The predicted octanol–water partition coefficient (Wildman–Crippen LogP) is 0.557. The fourth-order valence-corrected chi connectivity index (χ4v) is 2.00. The first kappa shape index (κ1) is 10.6. The summed E-state index contributed by atoms with van der Waals surface area (Å²) in [6.45, 7) is 3.78. The maximum Gasteiger partial charge on any atom is 0.122 e. The first-order chi connectivity index (χ1) is 7.40. The minimum atomic E-state index is 0.598. The zero-order valence-electron chi connectivity index (χ0n) is 8.98. The molecule has 1 aliphatic heterocycles. The van der Waals surface area contributed by atoms with Crippen molar-refractivity contribution < 1.29 is 4.63 Å². The van der Waals surface area contributed by atoms with Crippen LogP contribution < -0.4 is 5.73 Å². The van der Waals surface area contributed by atoms with E-state index in [0.717, 1.165) is 37.4 Å². The molecule has 0 saturated carbocycles. The topological polar surface area (TPSA) is 68.2 Å². The fraction of sp³-hybridized carbons (Fsp3) is 0.800. The molecule has 0 amide bonds. The Bertz CT molecular complexity index is 293. The second-order valence-electron chi connectivity index (χ2n) is 4.03. The Morgan fingerprint density at radius 2 is 1.87 bits per heavy atom.